The number of anilines is 1. The first-order valence-electron chi connectivity index (χ1n) is 8.65. The molecule has 0 fully saturated rings. The molecule has 4 aromatic rings. The molecule has 1 aromatic heterocycles. The molecule has 0 atom stereocenters. The van der Waals surface area contributed by atoms with E-state index in [9.17, 15) is 9.59 Å². The Morgan fingerprint density at radius 3 is 2.67 bits per heavy atom. The number of benzene rings is 3. The summed E-state index contributed by atoms with van der Waals surface area (Å²) < 4.78 is 10.7. The molecule has 27 heavy (non-hydrogen) atoms. The fourth-order valence-electron chi connectivity index (χ4n) is 3.11. The molecular formula is C22H17NO4. The lowest BCUT2D eigenvalue weighted by atomic mass is 10.1. The maximum Gasteiger partial charge on any atom is 0.337 e. The molecule has 0 unspecified atom stereocenters. The first-order chi connectivity index (χ1) is 13.2. The predicted octanol–water partition coefficient (Wildman–Crippen LogP) is 4.60. The highest BCUT2D eigenvalue weighted by Crippen LogP contribution is 2.26. The van der Waals surface area contributed by atoms with Crippen LogP contribution in [0.15, 0.2) is 75.9 Å². The lowest BCUT2D eigenvalue weighted by Gasteiger charge is -2.10. The van der Waals surface area contributed by atoms with Gasteiger partial charge in [-0.05, 0) is 30.5 Å². The minimum absolute atomic E-state index is 0.261. The summed E-state index contributed by atoms with van der Waals surface area (Å²) in [4.78, 5) is 24.9. The molecule has 0 aliphatic carbocycles. The molecule has 0 spiro atoms. The molecule has 0 aliphatic heterocycles. The summed E-state index contributed by atoms with van der Waals surface area (Å²) in [7, 11) is 0. The van der Waals surface area contributed by atoms with Crippen molar-refractivity contribution in [1.29, 1.82) is 0 Å². The molecule has 0 bridgehead atoms. The molecule has 4 rings (SSSR count). The fourth-order valence-corrected chi connectivity index (χ4v) is 3.11. The first-order valence-corrected chi connectivity index (χ1v) is 8.65. The van der Waals surface area contributed by atoms with Crippen LogP contribution in [0.1, 0.15) is 17.3 Å². The van der Waals surface area contributed by atoms with Crippen LogP contribution in [0, 0.1) is 0 Å². The Labute approximate surface area is 155 Å². The van der Waals surface area contributed by atoms with Gasteiger partial charge in [0.1, 0.15) is 11.3 Å². The van der Waals surface area contributed by atoms with Crippen molar-refractivity contribution in [3.05, 3.63) is 82.7 Å². The third-order valence-corrected chi connectivity index (χ3v) is 4.31. The number of rotatable bonds is 4. The van der Waals surface area contributed by atoms with Gasteiger partial charge in [0, 0.05) is 28.6 Å². The van der Waals surface area contributed by atoms with Crippen molar-refractivity contribution in [2.24, 2.45) is 0 Å². The number of fused-ring (bicyclic) bond motifs is 2. The van der Waals surface area contributed by atoms with Gasteiger partial charge in [-0.25, -0.2) is 4.79 Å². The summed E-state index contributed by atoms with van der Waals surface area (Å²) in [6, 6.07) is 19.8. The minimum Gasteiger partial charge on any atom is -0.494 e. The topological polar surface area (TPSA) is 68.5 Å². The number of carbonyl (C=O) groups is 1. The van der Waals surface area contributed by atoms with E-state index < -0.39 is 5.63 Å². The summed E-state index contributed by atoms with van der Waals surface area (Å²) in [5.41, 5.74) is 0.679. The van der Waals surface area contributed by atoms with E-state index in [4.69, 9.17) is 9.15 Å². The van der Waals surface area contributed by atoms with Crippen molar-refractivity contribution in [3.8, 4) is 5.75 Å². The second kappa shape index (κ2) is 6.96. The van der Waals surface area contributed by atoms with Gasteiger partial charge in [-0.1, -0.05) is 36.4 Å². The summed E-state index contributed by atoms with van der Waals surface area (Å²) >= 11 is 0. The number of hydrogen-bond acceptors (Lipinski definition) is 4. The molecule has 0 saturated heterocycles. The van der Waals surface area contributed by atoms with E-state index >= 15 is 0 Å². The van der Waals surface area contributed by atoms with E-state index in [1.165, 1.54) is 6.07 Å². The van der Waals surface area contributed by atoms with E-state index in [2.05, 4.69) is 5.32 Å². The highest BCUT2D eigenvalue weighted by atomic mass is 16.5. The standard InChI is InChI=1S/C22H17NO4/c1-2-26-15-10-11-17-18(13-21(24)27-20(17)12-15)22(25)23-19-9-5-7-14-6-3-4-8-16(14)19/h3-13H,2H2,1H3,(H,23,25). The van der Waals surface area contributed by atoms with Gasteiger partial charge in [0.15, 0.2) is 0 Å². The molecule has 134 valence electrons. The second-order valence-electron chi connectivity index (χ2n) is 6.05. The van der Waals surface area contributed by atoms with Crippen LogP contribution in [-0.2, 0) is 0 Å². The van der Waals surface area contributed by atoms with Gasteiger partial charge in [-0.3, -0.25) is 4.79 Å². The first kappa shape index (κ1) is 16.8. The highest BCUT2D eigenvalue weighted by Gasteiger charge is 2.15. The van der Waals surface area contributed by atoms with Gasteiger partial charge >= 0.3 is 5.63 Å². The zero-order chi connectivity index (χ0) is 18.8. The SMILES string of the molecule is CCOc1ccc2c(C(=O)Nc3cccc4ccccc34)cc(=O)oc2c1. The number of amides is 1. The van der Waals surface area contributed by atoms with Gasteiger partial charge in [0.2, 0.25) is 0 Å². The largest absolute Gasteiger partial charge is 0.494 e. The third kappa shape index (κ3) is 3.27. The van der Waals surface area contributed by atoms with Crippen molar-refractivity contribution < 1.29 is 13.9 Å². The summed E-state index contributed by atoms with van der Waals surface area (Å²) in [5.74, 6) is 0.216. The maximum atomic E-state index is 12.9. The Morgan fingerprint density at radius 2 is 1.81 bits per heavy atom. The quantitative estimate of drug-likeness (QED) is 0.541. The van der Waals surface area contributed by atoms with E-state index in [0.717, 1.165) is 10.8 Å². The average Bonchev–Trinajstić information content (AvgIpc) is 2.67. The monoisotopic (exact) mass is 359 g/mol. The maximum absolute atomic E-state index is 12.9. The molecular weight excluding hydrogens is 342 g/mol. The molecule has 0 radical (unpaired) electrons. The van der Waals surface area contributed by atoms with Crippen molar-refractivity contribution >= 4 is 33.3 Å². The van der Waals surface area contributed by atoms with Gasteiger partial charge in [0.25, 0.3) is 5.91 Å². The Kier molecular flexibility index (Phi) is 4.34. The van der Waals surface area contributed by atoms with Crippen LogP contribution in [0.5, 0.6) is 5.75 Å². The average molecular weight is 359 g/mol. The van der Waals surface area contributed by atoms with Crippen molar-refractivity contribution in [2.45, 2.75) is 6.92 Å². The third-order valence-electron chi connectivity index (χ3n) is 4.31. The molecule has 1 heterocycles. The molecule has 0 saturated carbocycles. The Balaban J connectivity index is 1.77. The smallest absolute Gasteiger partial charge is 0.337 e. The van der Waals surface area contributed by atoms with Crippen molar-refractivity contribution in [2.75, 3.05) is 11.9 Å². The Bertz CT molecular complexity index is 1200. The Morgan fingerprint density at radius 1 is 1.00 bits per heavy atom. The minimum atomic E-state index is -0.584. The zero-order valence-electron chi connectivity index (χ0n) is 14.7. The zero-order valence-corrected chi connectivity index (χ0v) is 14.7. The summed E-state index contributed by atoms with van der Waals surface area (Å²) in [6.07, 6.45) is 0. The van der Waals surface area contributed by atoms with Crippen LogP contribution in [0.2, 0.25) is 0 Å². The van der Waals surface area contributed by atoms with Gasteiger partial charge in [-0.15, -0.1) is 0 Å². The molecule has 5 heteroatoms. The Hall–Kier alpha value is -3.60. The lowest BCUT2D eigenvalue weighted by molar-refractivity contribution is 0.102. The van der Waals surface area contributed by atoms with Gasteiger partial charge in [0.05, 0.1) is 12.2 Å². The van der Waals surface area contributed by atoms with Crippen molar-refractivity contribution in [1.82, 2.24) is 0 Å². The normalized spacial score (nSPS) is 10.9. The predicted molar refractivity (Wildman–Crippen MR) is 106 cm³/mol. The van der Waals surface area contributed by atoms with Crippen LogP contribution in [0.25, 0.3) is 21.7 Å². The van der Waals surface area contributed by atoms with E-state index in [1.807, 2.05) is 49.4 Å². The molecule has 5 nitrogen and oxygen atoms in total. The number of nitrogens with one attached hydrogen (secondary N) is 1. The number of hydrogen-bond donors (Lipinski definition) is 1. The van der Waals surface area contributed by atoms with Crippen LogP contribution in [-0.4, -0.2) is 12.5 Å². The second-order valence-corrected chi connectivity index (χ2v) is 6.05. The van der Waals surface area contributed by atoms with E-state index in [1.54, 1.807) is 18.2 Å². The van der Waals surface area contributed by atoms with Crippen molar-refractivity contribution in [3.63, 3.8) is 0 Å². The van der Waals surface area contributed by atoms with Gasteiger partial charge < -0.3 is 14.5 Å². The molecule has 3 aromatic carbocycles. The molecule has 0 aliphatic rings. The van der Waals surface area contributed by atoms with Crippen LogP contribution >= 0.6 is 0 Å². The van der Waals surface area contributed by atoms with Crippen LogP contribution < -0.4 is 15.7 Å². The summed E-state index contributed by atoms with van der Waals surface area (Å²) in [6.45, 7) is 2.37. The molecule has 1 amide bonds. The van der Waals surface area contributed by atoms with Crippen LogP contribution in [0.3, 0.4) is 0 Å². The highest BCUT2D eigenvalue weighted by molar-refractivity contribution is 6.14. The van der Waals surface area contributed by atoms with Gasteiger partial charge in [-0.2, -0.15) is 0 Å². The number of carbonyl (C=O) groups excluding carboxylic acids is 1. The van der Waals surface area contributed by atoms with Crippen LogP contribution in [0.4, 0.5) is 5.69 Å². The van der Waals surface area contributed by atoms with E-state index in [0.29, 0.717) is 29.0 Å². The molecule has 1 N–H and O–H groups in total. The van der Waals surface area contributed by atoms with E-state index in [-0.39, 0.29) is 11.5 Å². The fraction of sp³-hybridized carbons (Fsp3) is 0.0909. The lowest BCUT2D eigenvalue weighted by Crippen LogP contribution is -2.15. The number of ether oxygens (including phenoxy) is 1. The summed E-state index contributed by atoms with van der Waals surface area (Å²) in [5, 5.41) is 5.41.